The van der Waals surface area contributed by atoms with Crippen molar-refractivity contribution < 1.29 is 13.2 Å². The number of aromatic nitrogens is 3. The molecule has 1 aromatic rings. The summed E-state index contributed by atoms with van der Waals surface area (Å²) in [5.41, 5.74) is 1.01. The van der Waals surface area contributed by atoms with Crippen molar-refractivity contribution in [1.82, 2.24) is 25.0 Å². The van der Waals surface area contributed by atoms with Gasteiger partial charge >= 0.3 is 6.18 Å². The number of hydrogen-bond donors (Lipinski definition) is 1. The summed E-state index contributed by atoms with van der Waals surface area (Å²) >= 11 is 0. The van der Waals surface area contributed by atoms with E-state index in [-0.39, 0.29) is 6.54 Å². The molecule has 0 saturated carbocycles. The summed E-state index contributed by atoms with van der Waals surface area (Å²) in [5.74, 6) is -0.546. The van der Waals surface area contributed by atoms with E-state index in [1.807, 2.05) is 4.90 Å². The lowest BCUT2D eigenvalue weighted by atomic mass is 10.2. The van der Waals surface area contributed by atoms with Gasteiger partial charge in [-0.3, -0.25) is 4.90 Å². The normalized spacial score (nSPS) is 16.3. The summed E-state index contributed by atoms with van der Waals surface area (Å²) in [6.07, 6.45) is -4.45. The summed E-state index contributed by atoms with van der Waals surface area (Å²) in [5, 5.41) is 10.2. The molecule has 2 rings (SSSR count). The van der Waals surface area contributed by atoms with Crippen molar-refractivity contribution in [3.05, 3.63) is 23.8 Å². The molecule has 1 aromatic heterocycles. The molecule has 5 nitrogen and oxygen atoms in total. The zero-order chi connectivity index (χ0) is 15.6. The van der Waals surface area contributed by atoms with Gasteiger partial charge in [-0.2, -0.15) is 13.2 Å². The fourth-order valence-corrected chi connectivity index (χ4v) is 2.27. The van der Waals surface area contributed by atoms with E-state index >= 15 is 0 Å². The van der Waals surface area contributed by atoms with Gasteiger partial charge in [0.1, 0.15) is 5.82 Å². The third kappa shape index (κ3) is 4.04. The van der Waals surface area contributed by atoms with Gasteiger partial charge in [-0.05, 0) is 5.57 Å². The first kappa shape index (κ1) is 16.0. The van der Waals surface area contributed by atoms with Crippen molar-refractivity contribution >= 4 is 0 Å². The molecule has 0 fully saturated rings. The fraction of sp³-hybridized carbons (Fsp3) is 0.692. The van der Waals surface area contributed by atoms with Gasteiger partial charge in [-0.1, -0.05) is 20.4 Å². The zero-order valence-corrected chi connectivity index (χ0v) is 12.2. The monoisotopic (exact) mass is 303 g/mol. The zero-order valence-electron chi connectivity index (χ0n) is 12.2. The van der Waals surface area contributed by atoms with E-state index in [9.17, 15) is 13.2 Å². The molecule has 1 aliphatic heterocycles. The molecule has 0 atom stereocenters. The second-order valence-corrected chi connectivity index (χ2v) is 5.59. The highest BCUT2D eigenvalue weighted by Crippen LogP contribution is 2.29. The maximum Gasteiger partial charge on any atom is 0.451 e. The van der Waals surface area contributed by atoms with Crippen LogP contribution in [0.15, 0.2) is 12.2 Å². The maximum absolute atomic E-state index is 12.7. The number of nitrogens with zero attached hydrogens (tertiary/aromatic N) is 4. The van der Waals surface area contributed by atoms with Crippen molar-refractivity contribution in [2.24, 2.45) is 0 Å². The molecule has 118 valence electrons. The van der Waals surface area contributed by atoms with E-state index in [2.05, 4.69) is 35.9 Å². The molecule has 2 heterocycles. The molecule has 0 saturated heterocycles. The number of fused-ring (bicyclic) bond motifs is 1. The Morgan fingerprint density at radius 1 is 1.33 bits per heavy atom. The number of halogens is 3. The van der Waals surface area contributed by atoms with Crippen LogP contribution in [0.1, 0.15) is 25.5 Å². The third-order valence-corrected chi connectivity index (χ3v) is 3.29. The SMILES string of the molecule is C=C(CNC(C)C)CN1CCn2c(nnc2C(F)(F)F)C1. The van der Waals surface area contributed by atoms with Crippen LogP contribution >= 0.6 is 0 Å². The van der Waals surface area contributed by atoms with E-state index in [0.717, 1.165) is 10.1 Å². The van der Waals surface area contributed by atoms with E-state index in [1.165, 1.54) is 0 Å². The number of hydrogen-bond acceptors (Lipinski definition) is 4. The fourth-order valence-electron chi connectivity index (χ4n) is 2.27. The second-order valence-electron chi connectivity index (χ2n) is 5.59. The van der Waals surface area contributed by atoms with Crippen LogP contribution in [-0.4, -0.2) is 45.3 Å². The molecule has 0 radical (unpaired) electrons. The minimum atomic E-state index is -4.45. The minimum Gasteiger partial charge on any atom is -0.311 e. The van der Waals surface area contributed by atoms with Crippen molar-refractivity contribution in [3.8, 4) is 0 Å². The van der Waals surface area contributed by atoms with E-state index in [0.29, 0.717) is 38.0 Å². The van der Waals surface area contributed by atoms with Crippen molar-refractivity contribution in [1.29, 1.82) is 0 Å². The van der Waals surface area contributed by atoms with Gasteiger partial charge < -0.3 is 9.88 Å². The Morgan fingerprint density at radius 2 is 2.05 bits per heavy atom. The second kappa shape index (κ2) is 6.15. The molecule has 21 heavy (non-hydrogen) atoms. The molecule has 8 heteroatoms. The first-order valence-electron chi connectivity index (χ1n) is 6.89. The lowest BCUT2D eigenvalue weighted by molar-refractivity contribution is -0.148. The van der Waals surface area contributed by atoms with E-state index in [4.69, 9.17) is 0 Å². The number of alkyl halides is 3. The van der Waals surface area contributed by atoms with E-state index in [1.54, 1.807) is 0 Å². The largest absolute Gasteiger partial charge is 0.451 e. The average molecular weight is 303 g/mol. The van der Waals surface area contributed by atoms with Crippen LogP contribution in [0.2, 0.25) is 0 Å². The Balaban J connectivity index is 1.95. The lowest BCUT2D eigenvalue weighted by Crippen LogP contribution is -2.38. The summed E-state index contributed by atoms with van der Waals surface area (Å²) < 4.78 is 39.4. The third-order valence-electron chi connectivity index (χ3n) is 3.29. The van der Waals surface area contributed by atoms with Crippen LogP contribution in [0.25, 0.3) is 0 Å². The Labute approximate surface area is 121 Å². The molecular formula is C13H20F3N5. The average Bonchev–Trinajstić information content (AvgIpc) is 2.79. The van der Waals surface area contributed by atoms with Crippen molar-refractivity contribution in [3.63, 3.8) is 0 Å². The van der Waals surface area contributed by atoms with E-state index < -0.39 is 12.0 Å². The Morgan fingerprint density at radius 3 is 2.67 bits per heavy atom. The molecule has 1 aliphatic rings. The summed E-state index contributed by atoms with van der Waals surface area (Å²) in [6.45, 7) is 10.6. The van der Waals surface area contributed by atoms with Gasteiger partial charge in [-0.15, -0.1) is 10.2 Å². The van der Waals surface area contributed by atoms with Crippen molar-refractivity contribution in [2.45, 2.75) is 39.2 Å². The topological polar surface area (TPSA) is 46.0 Å². The molecule has 0 amide bonds. The van der Waals surface area contributed by atoms with Crippen molar-refractivity contribution in [2.75, 3.05) is 19.6 Å². The van der Waals surface area contributed by atoms with Gasteiger partial charge in [0.05, 0.1) is 6.54 Å². The highest BCUT2D eigenvalue weighted by atomic mass is 19.4. The Bertz CT molecular complexity index is 506. The van der Waals surface area contributed by atoms with Gasteiger partial charge in [0, 0.05) is 32.2 Å². The first-order valence-corrected chi connectivity index (χ1v) is 6.89. The minimum absolute atomic E-state index is 0.252. The smallest absolute Gasteiger partial charge is 0.311 e. The molecule has 0 spiro atoms. The summed E-state index contributed by atoms with van der Waals surface area (Å²) in [6, 6.07) is 0.376. The van der Waals surface area contributed by atoms with Crippen LogP contribution in [0, 0.1) is 0 Å². The summed E-state index contributed by atoms with van der Waals surface area (Å²) in [7, 11) is 0. The van der Waals surface area contributed by atoms with Crippen LogP contribution in [0.5, 0.6) is 0 Å². The predicted molar refractivity (Wildman–Crippen MR) is 72.6 cm³/mol. The molecular weight excluding hydrogens is 283 g/mol. The number of rotatable bonds is 5. The maximum atomic E-state index is 12.7. The summed E-state index contributed by atoms with van der Waals surface area (Å²) in [4.78, 5) is 2.04. The number of nitrogens with one attached hydrogen (secondary N) is 1. The van der Waals surface area contributed by atoms with Crippen LogP contribution in [-0.2, 0) is 19.3 Å². The molecule has 0 aliphatic carbocycles. The van der Waals surface area contributed by atoms with Gasteiger partial charge in [0.25, 0.3) is 0 Å². The molecule has 1 N–H and O–H groups in total. The highest BCUT2D eigenvalue weighted by molar-refractivity contribution is 5.05. The Kier molecular flexibility index (Phi) is 4.67. The van der Waals surface area contributed by atoms with Crippen LogP contribution in [0.3, 0.4) is 0 Å². The quantitative estimate of drug-likeness (QED) is 0.841. The highest BCUT2D eigenvalue weighted by Gasteiger charge is 2.39. The van der Waals surface area contributed by atoms with Gasteiger partial charge in [-0.25, -0.2) is 0 Å². The standard InChI is InChI=1S/C13H20F3N5/c1-9(2)17-6-10(3)7-20-4-5-21-11(8-20)18-19-12(21)13(14,15)16/h9,17H,3-8H2,1-2H3. The lowest BCUT2D eigenvalue weighted by Gasteiger charge is -2.28. The molecule has 0 aromatic carbocycles. The predicted octanol–water partition coefficient (Wildman–Crippen LogP) is 1.67. The molecule has 0 bridgehead atoms. The van der Waals surface area contributed by atoms with Gasteiger partial charge in [0.2, 0.25) is 5.82 Å². The van der Waals surface area contributed by atoms with Crippen LogP contribution < -0.4 is 5.32 Å². The van der Waals surface area contributed by atoms with Gasteiger partial charge in [0.15, 0.2) is 0 Å². The molecule has 0 unspecified atom stereocenters. The van der Waals surface area contributed by atoms with Crippen LogP contribution in [0.4, 0.5) is 13.2 Å². The first-order chi connectivity index (χ1) is 9.77. The Hall–Kier alpha value is -1.41.